The number of rotatable bonds is 1. The standard InChI is InChI=1S/C14H12FN/c1-8-5-11-6-12(10-3-4-10)9(2)16-14(11)7-13(8)15/h3,5-7H,4H2,1-2H3. The van der Waals surface area contributed by atoms with Crippen LogP contribution in [0.5, 0.6) is 0 Å². The lowest BCUT2D eigenvalue weighted by Gasteiger charge is -2.06. The van der Waals surface area contributed by atoms with Crippen LogP contribution in [0.25, 0.3) is 16.5 Å². The molecule has 80 valence electrons. The molecule has 0 aliphatic heterocycles. The first-order chi connectivity index (χ1) is 7.65. The maximum absolute atomic E-state index is 13.4. The Labute approximate surface area is 93.6 Å². The molecule has 1 aromatic carbocycles. The lowest BCUT2D eigenvalue weighted by molar-refractivity contribution is 0.620. The van der Waals surface area contributed by atoms with Gasteiger partial charge in [-0.25, -0.2) is 4.39 Å². The predicted molar refractivity (Wildman–Crippen MR) is 63.8 cm³/mol. The lowest BCUT2D eigenvalue weighted by atomic mass is 10.1. The van der Waals surface area contributed by atoms with E-state index in [4.69, 9.17) is 0 Å². The second-order valence-electron chi connectivity index (χ2n) is 4.35. The van der Waals surface area contributed by atoms with E-state index in [2.05, 4.69) is 17.1 Å². The zero-order valence-corrected chi connectivity index (χ0v) is 9.34. The summed E-state index contributed by atoms with van der Waals surface area (Å²) in [5.41, 5.74) is 4.96. The molecule has 1 aromatic heterocycles. The van der Waals surface area contributed by atoms with Crippen molar-refractivity contribution in [3.05, 3.63) is 46.9 Å². The molecule has 2 aromatic rings. The molecule has 0 atom stereocenters. The number of hydrogen-bond donors (Lipinski definition) is 0. The van der Waals surface area contributed by atoms with Crippen LogP contribution in [-0.2, 0) is 0 Å². The number of pyridine rings is 1. The minimum Gasteiger partial charge on any atom is -0.252 e. The largest absolute Gasteiger partial charge is 0.252 e. The second-order valence-corrected chi connectivity index (χ2v) is 4.35. The van der Waals surface area contributed by atoms with Gasteiger partial charge in [0.15, 0.2) is 0 Å². The molecule has 0 N–H and O–H groups in total. The highest BCUT2D eigenvalue weighted by atomic mass is 19.1. The van der Waals surface area contributed by atoms with E-state index >= 15 is 0 Å². The maximum atomic E-state index is 13.4. The van der Waals surface area contributed by atoms with Gasteiger partial charge in [0, 0.05) is 17.1 Å². The first kappa shape index (κ1) is 9.52. The third-order valence-electron chi connectivity index (χ3n) is 3.04. The summed E-state index contributed by atoms with van der Waals surface area (Å²) in [4.78, 5) is 4.46. The first-order valence-corrected chi connectivity index (χ1v) is 5.42. The number of nitrogens with zero attached hydrogens (tertiary/aromatic N) is 1. The number of aryl methyl sites for hydroxylation is 2. The van der Waals surface area contributed by atoms with Crippen molar-refractivity contribution in [1.82, 2.24) is 4.98 Å². The predicted octanol–water partition coefficient (Wildman–Crippen LogP) is 3.78. The highest BCUT2D eigenvalue weighted by molar-refractivity contribution is 5.87. The normalized spacial score (nSPS) is 14.1. The van der Waals surface area contributed by atoms with Crippen molar-refractivity contribution in [2.45, 2.75) is 20.3 Å². The molecule has 0 amide bonds. The van der Waals surface area contributed by atoms with Gasteiger partial charge in [0.25, 0.3) is 0 Å². The van der Waals surface area contributed by atoms with Gasteiger partial charge in [0.1, 0.15) is 5.82 Å². The third kappa shape index (κ3) is 1.42. The van der Waals surface area contributed by atoms with Crippen molar-refractivity contribution in [2.75, 3.05) is 0 Å². The van der Waals surface area contributed by atoms with Crippen LogP contribution in [-0.4, -0.2) is 4.98 Å². The molecule has 1 heterocycles. The molecule has 0 unspecified atom stereocenters. The van der Waals surface area contributed by atoms with Crippen LogP contribution in [0.4, 0.5) is 4.39 Å². The third-order valence-corrected chi connectivity index (χ3v) is 3.04. The average molecular weight is 213 g/mol. The van der Waals surface area contributed by atoms with E-state index in [1.54, 1.807) is 6.92 Å². The van der Waals surface area contributed by atoms with Crippen molar-refractivity contribution < 1.29 is 4.39 Å². The van der Waals surface area contributed by atoms with Gasteiger partial charge in [-0.3, -0.25) is 4.98 Å². The van der Waals surface area contributed by atoms with E-state index in [-0.39, 0.29) is 5.82 Å². The molecule has 16 heavy (non-hydrogen) atoms. The highest BCUT2D eigenvalue weighted by Gasteiger charge is 2.14. The zero-order chi connectivity index (χ0) is 11.3. The van der Waals surface area contributed by atoms with Crippen LogP contribution in [0.15, 0.2) is 24.3 Å². The molecule has 0 bridgehead atoms. The van der Waals surface area contributed by atoms with Crippen LogP contribution in [0, 0.1) is 19.7 Å². The summed E-state index contributed by atoms with van der Waals surface area (Å²) in [5, 5.41) is 1.02. The Hall–Kier alpha value is -1.70. The Balaban J connectivity index is 2.31. The number of hydrogen-bond acceptors (Lipinski definition) is 1. The molecule has 3 rings (SSSR count). The lowest BCUT2D eigenvalue weighted by Crippen LogP contribution is -1.92. The van der Waals surface area contributed by atoms with E-state index < -0.39 is 0 Å². The smallest absolute Gasteiger partial charge is 0.128 e. The Morgan fingerprint density at radius 3 is 2.62 bits per heavy atom. The second kappa shape index (κ2) is 3.14. The van der Waals surface area contributed by atoms with Gasteiger partial charge < -0.3 is 0 Å². The van der Waals surface area contributed by atoms with E-state index in [0.29, 0.717) is 5.56 Å². The van der Waals surface area contributed by atoms with Gasteiger partial charge >= 0.3 is 0 Å². The summed E-state index contributed by atoms with van der Waals surface area (Å²) in [6.07, 6.45) is 3.25. The number of allylic oxidation sites excluding steroid dienone is 2. The summed E-state index contributed by atoms with van der Waals surface area (Å²) in [7, 11) is 0. The molecule has 0 radical (unpaired) electrons. The number of aromatic nitrogens is 1. The van der Waals surface area contributed by atoms with Gasteiger partial charge in [-0.15, -0.1) is 0 Å². The van der Waals surface area contributed by atoms with Crippen molar-refractivity contribution >= 4 is 16.5 Å². The number of benzene rings is 1. The van der Waals surface area contributed by atoms with Crippen LogP contribution >= 0.6 is 0 Å². The Kier molecular flexibility index (Phi) is 1.87. The van der Waals surface area contributed by atoms with E-state index in [0.717, 1.165) is 23.0 Å². The monoisotopic (exact) mass is 213 g/mol. The molecule has 0 spiro atoms. The molecule has 0 saturated heterocycles. The van der Waals surface area contributed by atoms with E-state index in [1.165, 1.54) is 17.2 Å². The van der Waals surface area contributed by atoms with Crippen molar-refractivity contribution in [3.8, 4) is 0 Å². The fourth-order valence-corrected chi connectivity index (χ4v) is 2.00. The summed E-state index contributed by atoms with van der Waals surface area (Å²) >= 11 is 0. The molecular formula is C14H12FN. The van der Waals surface area contributed by atoms with Gasteiger partial charge in [-0.2, -0.15) is 0 Å². The molecule has 0 fully saturated rings. The number of halogens is 1. The summed E-state index contributed by atoms with van der Waals surface area (Å²) in [6, 6.07) is 5.50. The highest BCUT2D eigenvalue weighted by Crippen LogP contribution is 2.34. The van der Waals surface area contributed by atoms with E-state index in [1.807, 2.05) is 13.0 Å². The van der Waals surface area contributed by atoms with Gasteiger partial charge in [-0.05, 0) is 49.1 Å². The van der Waals surface area contributed by atoms with Crippen LogP contribution < -0.4 is 0 Å². The van der Waals surface area contributed by atoms with Gasteiger partial charge in [0.2, 0.25) is 0 Å². The fraction of sp³-hybridized carbons (Fsp3) is 0.214. The van der Waals surface area contributed by atoms with Crippen LogP contribution in [0.3, 0.4) is 0 Å². The number of fused-ring (bicyclic) bond motifs is 1. The molecular weight excluding hydrogens is 201 g/mol. The summed E-state index contributed by atoms with van der Waals surface area (Å²) in [6.45, 7) is 3.76. The molecule has 1 nitrogen and oxygen atoms in total. The quantitative estimate of drug-likeness (QED) is 0.702. The molecule has 1 aliphatic rings. The van der Waals surface area contributed by atoms with Crippen LogP contribution in [0.2, 0.25) is 0 Å². The minimum absolute atomic E-state index is 0.183. The summed E-state index contributed by atoms with van der Waals surface area (Å²) < 4.78 is 13.4. The van der Waals surface area contributed by atoms with E-state index in [9.17, 15) is 4.39 Å². The molecule has 2 heteroatoms. The van der Waals surface area contributed by atoms with Crippen molar-refractivity contribution in [1.29, 1.82) is 0 Å². The zero-order valence-electron chi connectivity index (χ0n) is 9.34. The molecule has 1 aliphatic carbocycles. The van der Waals surface area contributed by atoms with Crippen molar-refractivity contribution in [3.63, 3.8) is 0 Å². The molecule has 0 saturated carbocycles. The average Bonchev–Trinajstić information content (AvgIpc) is 3.03. The topological polar surface area (TPSA) is 12.9 Å². The van der Waals surface area contributed by atoms with Crippen LogP contribution in [0.1, 0.15) is 23.2 Å². The maximum Gasteiger partial charge on any atom is 0.128 e. The van der Waals surface area contributed by atoms with Gasteiger partial charge in [0.05, 0.1) is 5.52 Å². The Bertz CT molecular complexity index is 626. The Morgan fingerprint density at radius 1 is 1.19 bits per heavy atom. The summed E-state index contributed by atoms with van der Waals surface area (Å²) in [5.74, 6) is -0.183. The SMILES string of the molecule is Cc1cc2cc(C3=CC3)c(C)nc2cc1F. The van der Waals surface area contributed by atoms with Gasteiger partial charge in [-0.1, -0.05) is 6.08 Å². The van der Waals surface area contributed by atoms with Crippen molar-refractivity contribution in [2.24, 2.45) is 0 Å². The minimum atomic E-state index is -0.183. The fourth-order valence-electron chi connectivity index (χ4n) is 2.00. The first-order valence-electron chi connectivity index (χ1n) is 5.42. The Morgan fingerprint density at radius 2 is 1.94 bits per heavy atom.